The largest absolute Gasteiger partial charge is 0.350 e. The van der Waals surface area contributed by atoms with Gasteiger partial charge >= 0.3 is 0 Å². The Balaban J connectivity index is 1.73. The molecular weight excluding hydrogens is 270 g/mol. The van der Waals surface area contributed by atoms with Gasteiger partial charge in [0.25, 0.3) is 5.56 Å². The third-order valence-corrected chi connectivity index (χ3v) is 3.60. The average molecular weight is 285 g/mol. The number of pyridine rings is 1. The first-order chi connectivity index (χ1) is 10.1. The van der Waals surface area contributed by atoms with Crippen LogP contribution in [0.1, 0.15) is 18.4 Å². The quantitative estimate of drug-likeness (QED) is 0.763. The van der Waals surface area contributed by atoms with E-state index in [-0.39, 0.29) is 23.9 Å². The third kappa shape index (κ3) is 2.79. The number of benzene rings is 1. The normalized spacial score (nSPS) is 17.7. The fourth-order valence-electron chi connectivity index (χ4n) is 2.44. The minimum absolute atomic E-state index is 0.112. The van der Waals surface area contributed by atoms with Gasteiger partial charge in [-0.3, -0.25) is 14.4 Å². The lowest BCUT2D eigenvalue weighted by atomic mass is 10.1. The smallest absolute Gasteiger partial charge is 0.253 e. The molecule has 21 heavy (non-hydrogen) atoms. The molecule has 1 aromatic heterocycles. The van der Waals surface area contributed by atoms with Crippen molar-refractivity contribution in [3.63, 3.8) is 0 Å². The molecule has 1 fully saturated rings. The van der Waals surface area contributed by atoms with E-state index in [1.165, 1.54) is 0 Å². The zero-order valence-electron chi connectivity index (χ0n) is 11.3. The van der Waals surface area contributed by atoms with Gasteiger partial charge in [-0.05, 0) is 23.9 Å². The second-order valence-corrected chi connectivity index (χ2v) is 5.09. The Morgan fingerprint density at radius 3 is 2.86 bits per heavy atom. The lowest BCUT2D eigenvalue weighted by Crippen LogP contribution is -2.41. The van der Waals surface area contributed by atoms with Crippen molar-refractivity contribution in [2.45, 2.75) is 25.4 Å². The van der Waals surface area contributed by atoms with E-state index in [0.29, 0.717) is 18.4 Å². The lowest BCUT2D eigenvalue weighted by Gasteiger charge is -2.10. The van der Waals surface area contributed by atoms with Crippen LogP contribution in [0.5, 0.6) is 0 Å². The molecule has 0 aliphatic carbocycles. The van der Waals surface area contributed by atoms with Gasteiger partial charge in [-0.15, -0.1) is 0 Å². The summed E-state index contributed by atoms with van der Waals surface area (Å²) in [6, 6.07) is 8.74. The van der Waals surface area contributed by atoms with Crippen LogP contribution in [0.4, 0.5) is 0 Å². The van der Waals surface area contributed by atoms with Crippen LogP contribution < -0.4 is 16.2 Å². The zero-order valence-corrected chi connectivity index (χ0v) is 11.3. The Labute approximate surface area is 120 Å². The van der Waals surface area contributed by atoms with Gasteiger partial charge in [-0.25, -0.2) is 0 Å². The van der Waals surface area contributed by atoms with Crippen LogP contribution in [0.25, 0.3) is 10.9 Å². The van der Waals surface area contributed by atoms with E-state index in [0.717, 1.165) is 10.9 Å². The zero-order chi connectivity index (χ0) is 14.8. The van der Waals surface area contributed by atoms with E-state index < -0.39 is 6.04 Å². The SMILES string of the molecule is O=C1CCC(C(=O)NCc2cc3ccccc3[nH]c2=O)N1. The minimum Gasteiger partial charge on any atom is -0.350 e. The number of rotatable bonds is 3. The molecule has 3 N–H and O–H groups in total. The monoisotopic (exact) mass is 285 g/mol. The average Bonchev–Trinajstić information content (AvgIpc) is 2.91. The molecule has 0 spiro atoms. The fourth-order valence-corrected chi connectivity index (χ4v) is 2.44. The molecule has 6 heteroatoms. The molecule has 2 aromatic rings. The predicted octanol–water partition coefficient (Wildman–Crippen LogP) is 0.423. The highest BCUT2D eigenvalue weighted by Gasteiger charge is 2.26. The van der Waals surface area contributed by atoms with Gasteiger partial charge in [0.1, 0.15) is 6.04 Å². The maximum Gasteiger partial charge on any atom is 0.253 e. The van der Waals surface area contributed by atoms with Gasteiger partial charge < -0.3 is 15.6 Å². The number of para-hydroxylation sites is 1. The van der Waals surface area contributed by atoms with Crippen LogP contribution in [0.3, 0.4) is 0 Å². The highest BCUT2D eigenvalue weighted by molar-refractivity contribution is 5.90. The van der Waals surface area contributed by atoms with Crippen LogP contribution in [-0.2, 0) is 16.1 Å². The molecule has 0 saturated carbocycles. The molecule has 1 aliphatic heterocycles. The number of carbonyl (C=O) groups excluding carboxylic acids is 2. The first-order valence-electron chi connectivity index (χ1n) is 6.81. The van der Waals surface area contributed by atoms with Crippen LogP contribution >= 0.6 is 0 Å². The standard InChI is InChI=1S/C15H15N3O3/c19-13-6-5-12(17-13)15(21)16-8-10-7-9-3-1-2-4-11(9)18-14(10)20/h1-4,7,12H,5-6,8H2,(H,16,21)(H,17,19)(H,18,20). The Kier molecular flexibility index (Phi) is 3.43. The molecule has 1 aliphatic rings. The summed E-state index contributed by atoms with van der Waals surface area (Å²) in [5, 5.41) is 6.20. The summed E-state index contributed by atoms with van der Waals surface area (Å²) in [5.41, 5.74) is 1.04. The van der Waals surface area contributed by atoms with E-state index in [1.807, 2.05) is 24.3 Å². The molecule has 2 amide bonds. The van der Waals surface area contributed by atoms with Crippen molar-refractivity contribution < 1.29 is 9.59 Å². The number of H-pyrrole nitrogens is 1. The topological polar surface area (TPSA) is 91.1 Å². The molecule has 6 nitrogen and oxygen atoms in total. The van der Waals surface area contributed by atoms with E-state index in [4.69, 9.17) is 0 Å². The predicted molar refractivity (Wildman–Crippen MR) is 77.6 cm³/mol. The van der Waals surface area contributed by atoms with Gasteiger partial charge in [0, 0.05) is 24.0 Å². The summed E-state index contributed by atoms with van der Waals surface area (Å²) in [7, 11) is 0. The maximum atomic E-state index is 11.9. The number of fused-ring (bicyclic) bond motifs is 1. The summed E-state index contributed by atoms with van der Waals surface area (Å²) >= 11 is 0. The highest BCUT2D eigenvalue weighted by Crippen LogP contribution is 2.10. The third-order valence-electron chi connectivity index (χ3n) is 3.60. The molecule has 3 rings (SSSR count). The summed E-state index contributed by atoms with van der Waals surface area (Å²) in [6.07, 6.45) is 0.868. The second kappa shape index (κ2) is 5.40. The summed E-state index contributed by atoms with van der Waals surface area (Å²) < 4.78 is 0. The number of nitrogens with one attached hydrogen (secondary N) is 3. The summed E-state index contributed by atoms with van der Waals surface area (Å²) in [5.74, 6) is -0.368. The van der Waals surface area contributed by atoms with Crippen LogP contribution in [-0.4, -0.2) is 22.8 Å². The van der Waals surface area contributed by atoms with Gasteiger partial charge in [-0.1, -0.05) is 18.2 Å². The Morgan fingerprint density at radius 1 is 1.29 bits per heavy atom. The van der Waals surface area contributed by atoms with Crippen molar-refractivity contribution in [3.05, 3.63) is 46.2 Å². The number of aromatic amines is 1. The molecule has 2 heterocycles. The van der Waals surface area contributed by atoms with E-state index in [2.05, 4.69) is 15.6 Å². The van der Waals surface area contributed by atoms with Gasteiger partial charge in [0.2, 0.25) is 11.8 Å². The highest BCUT2D eigenvalue weighted by atomic mass is 16.2. The Hall–Kier alpha value is -2.63. The van der Waals surface area contributed by atoms with Crippen molar-refractivity contribution in [3.8, 4) is 0 Å². The van der Waals surface area contributed by atoms with Gasteiger partial charge in [0.15, 0.2) is 0 Å². The number of aromatic nitrogens is 1. The first kappa shape index (κ1) is 13.4. The van der Waals surface area contributed by atoms with Crippen LogP contribution in [0.2, 0.25) is 0 Å². The first-order valence-corrected chi connectivity index (χ1v) is 6.81. The summed E-state index contributed by atoms with van der Waals surface area (Å²) in [4.78, 5) is 37.7. The Bertz CT molecular complexity index is 766. The maximum absolute atomic E-state index is 11.9. The fraction of sp³-hybridized carbons (Fsp3) is 0.267. The molecule has 1 aromatic carbocycles. The molecule has 1 atom stereocenters. The van der Waals surface area contributed by atoms with Gasteiger partial charge in [0.05, 0.1) is 0 Å². The molecule has 1 unspecified atom stereocenters. The van der Waals surface area contributed by atoms with E-state index in [9.17, 15) is 14.4 Å². The Morgan fingerprint density at radius 2 is 2.10 bits per heavy atom. The van der Waals surface area contributed by atoms with E-state index >= 15 is 0 Å². The van der Waals surface area contributed by atoms with Crippen molar-refractivity contribution >= 4 is 22.7 Å². The van der Waals surface area contributed by atoms with E-state index in [1.54, 1.807) is 6.07 Å². The molecule has 0 bridgehead atoms. The van der Waals surface area contributed by atoms with Crippen molar-refractivity contribution in [2.75, 3.05) is 0 Å². The lowest BCUT2D eigenvalue weighted by molar-refractivity contribution is -0.125. The molecule has 108 valence electrons. The molecular formula is C15H15N3O3. The number of hydrogen-bond acceptors (Lipinski definition) is 3. The molecule has 1 saturated heterocycles. The van der Waals surface area contributed by atoms with Gasteiger partial charge in [-0.2, -0.15) is 0 Å². The number of carbonyl (C=O) groups is 2. The van der Waals surface area contributed by atoms with Crippen molar-refractivity contribution in [1.29, 1.82) is 0 Å². The second-order valence-electron chi connectivity index (χ2n) is 5.09. The number of amides is 2. The minimum atomic E-state index is -0.489. The van der Waals surface area contributed by atoms with Crippen LogP contribution in [0.15, 0.2) is 35.1 Å². The number of hydrogen-bond donors (Lipinski definition) is 3. The van der Waals surface area contributed by atoms with Crippen molar-refractivity contribution in [2.24, 2.45) is 0 Å². The molecule has 0 radical (unpaired) electrons. The van der Waals surface area contributed by atoms with Crippen LogP contribution in [0, 0.1) is 0 Å². The van der Waals surface area contributed by atoms with Crippen molar-refractivity contribution in [1.82, 2.24) is 15.6 Å². The summed E-state index contributed by atoms with van der Waals surface area (Å²) in [6.45, 7) is 0.144.